The topological polar surface area (TPSA) is 70.0 Å². The molecule has 0 heterocycles. The van der Waals surface area contributed by atoms with Gasteiger partial charge in [-0.25, -0.2) is 0 Å². The van der Waals surface area contributed by atoms with E-state index in [1.807, 2.05) is 6.07 Å². The summed E-state index contributed by atoms with van der Waals surface area (Å²) in [7, 11) is 0. The Morgan fingerprint density at radius 2 is 2.15 bits per heavy atom. The van der Waals surface area contributed by atoms with Crippen molar-refractivity contribution >= 4 is 11.7 Å². The molecule has 0 unspecified atom stereocenters. The van der Waals surface area contributed by atoms with E-state index < -0.39 is 5.54 Å². The highest BCUT2D eigenvalue weighted by molar-refractivity contribution is 5.96. The number of ketones is 1. The second kappa shape index (κ2) is 3.17. The van der Waals surface area contributed by atoms with E-state index in [4.69, 9.17) is 5.26 Å². The van der Waals surface area contributed by atoms with Gasteiger partial charge in [-0.05, 0) is 13.8 Å². The molecule has 0 atom stereocenters. The van der Waals surface area contributed by atoms with E-state index in [0.717, 1.165) is 0 Å². The summed E-state index contributed by atoms with van der Waals surface area (Å²) < 4.78 is 0. The van der Waals surface area contributed by atoms with Gasteiger partial charge in [0, 0.05) is 12.8 Å². The molecule has 4 heteroatoms. The first-order valence-electron chi connectivity index (χ1n) is 4.19. The maximum Gasteiger partial charge on any atom is 0.225 e. The van der Waals surface area contributed by atoms with Crippen LogP contribution in [-0.2, 0) is 9.59 Å². The molecule has 0 spiro atoms. The van der Waals surface area contributed by atoms with E-state index in [-0.39, 0.29) is 17.6 Å². The summed E-state index contributed by atoms with van der Waals surface area (Å²) in [5.41, 5.74) is -0.838. The molecule has 0 bridgehead atoms. The maximum absolute atomic E-state index is 11.3. The zero-order valence-corrected chi connectivity index (χ0v) is 7.76. The molecule has 13 heavy (non-hydrogen) atoms. The highest BCUT2D eigenvalue weighted by Crippen LogP contribution is 2.23. The number of hydrogen-bond donors (Lipinski definition) is 1. The van der Waals surface area contributed by atoms with E-state index in [0.29, 0.717) is 12.8 Å². The summed E-state index contributed by atoms with van der Waals surface area (Å²) in [5.74, 6) is -0.277. The fraction of sp³-hybridized carbons (Fsp3) is 0.667. The lowest BCUT2D eigenvalue weighted by atomic mass is 9.83. The van der Waals surface area contributed by atoms with Crippen molar-refractivity contribution < 1.29 is 9.59 Å². The maximum atomic E-state index is 11.3. The van der Waals surface area contributed by atoms with E-state index >= 15 is 0 Å². The van der Waals surface area contributed by atoms with Crippen molar-refractivity contribution in [3.8, 4) is 6.07 Å². The first-order chi connectivity index (χ1) is 5.94. The van der Waals surface area contributed by atoms with Crippen LogP contribution in [0, 0.1) is 17.2 Å². The average Bonchev–Trinajstić information content (AvgIpc) is 1.98. The summed E-state index contributed by atoms with van der Waals surface area (Å²) >= 11 is 0. The zero-order valence-electron chi connectivity index (χ0n) is 7.76. The van der Waals surface area contributed by atoms with Crippen LogP contribution in [0.15, 0.2) is 0 Å². The van der Waals surface area contributed by atoms with Crippen LogP contribution in [0.3, 0.4) is 0 Å². The van der Waals surface area contributed by atoms with Crippen LogP contribution in [-0.4, -0.2) is 17.2 Å². The molecule has 1 rings (SSSR count). The van der Waals surface area contributed by atoms with Crippen molar-refractivity contribution in [3.63, 3.8) is 0 Å². The summed E-state index contributed by atoms with van der Waals surface area (Å²) in [6.07, 6.45) is 0.653. The standard InChI is InChI=1S/C9H12N2O2/c1-9(2,5-10)11-8(13)6-3-7(12)4-6/h6H,3-4H2,1-2H3,(H,11,13). The van der Waals surface area contributed by atoms with E-state index in [9.17, 15) is 9.59 Å². The van der Waals surface area contributed by atoms with Crippen LogP contribution in [0.25, 0.3) is 0 Å². The van der Waals surface area contributed by atoms with Gasteiger partial charge in [-0.15, -0.1) is 0 Å². The fourth-order valence-corrected chi connectivity index (χ4v) is 1.11. The number of nitriles is 1. The highest BCUT2D eigenvalue weighted by Gasteiger charge is 2.34. The molecule has 1 fully saturated rings. The van der Waals surface area contributed by atoms with Gasteiger partial charge < -0.3 is 5.32 Å². The zero-order chi connectivity index (χ0) is 10.1. The van der Waals surface area contributed by atoms with E-state index in [2.05, 4.69) is 5.32 Å². The molecule has 0 saturated heterocycles. The minimum absolute atomic E-state index is 0.120. The van der Waals surface area contributed by atoms with Crippen molar-refractivity contribution in [2.75, 3.05) is 0 Å². The Bertz CT molecular complexity index is 280. The fourth-order valence-electron chi connectivity index (χ4n) is 1.11. The monoisotopic (exact) mass is 180 g/mol. The summed E-state index contributed by atoms with van der Waals surface area (Å²) in [5, 5.41) is 11.2. The molecule has 1 N–H and O–H groups in total. The Morgan fingerprint density at radius 3 is 2.54 bits per heavy atom. The molecular formula is C9H12N2O2. The second-order valence-corrected chi connectivity index (χ2v) is 3.87. The molecule has 1 saturated carbocycles. The highest BCUT2D eigenvalue weighted by atomic mass is 16.2. The number of amides is 1. The minimum atomic E-state index is -0.838. The van der Waals surface area contributed by atoms with Gasteiger partial charge in [-0.2, -0.15) is 5.26 Å². The third-order valence-corrected chi connectivity index (χ3v) is 2.03. The normalized spacial score (nSPS) is 17.5. The Kier molecular flexibility index (Phi) is 2.37. The summed E-state index contributed by atoms with van der Waals surface area (Å²) in [4.78, 5) is 21.9. The molecule has 0 aliphatic heterocycles. The number of rotatable bonds is 2. The Labute approximate surface area is 76.9 Å². The van der Waals surface area contributed by atoms with Crippen LogP contribution >= 0.6 is 0 Å². The SMILES string of the molecule is CC(C)(C#N)NC(=O)C1CC(=O)C1. The van der Waals surface area contributed by atoms with E-state index in [1.165, 1.54) is 0 Å². The van der Waals surface area contributed by atoms with Gasteiger partial charge in [0.25, 0.3) is 0 Å². The lowest BCUT2D eigenvalue weighted by molar-refractivity contribution is -0.138. The number of Topliss-reactive ketones (excluding diaryl/α,β-unsaturated/α-hetero) is 1. The number of nitrogens with one attached hydrogen (secondary N) is 1. The van der Waals surface area contributed by atoms with Crippen LogP contribution < -0.4 is 5.32 Å². The average molecular weight is 180 g/mol. The second-order valence-electron chi connectivity index (χ2n) is 3.87. The molecule has 0 aromatic heterocycles. The molecule has 0 aromatic rings. The number of carbonyl (C=O) groups is 2. The van der Waals surface area contributed by atoms with Gasteiger partial charge in [-0.1, -0.05) is 0 Å². The van der Waals surface area contributed by atoms with Crippen molar-refractivity contribution in [1.29, 1.82) is 5.26 Å². The van der Waals surface area contributed by atoms with Crippen molar-refractivity contribution in [3.05, 3.63) is 0 Å². The molecule has 0 aromatic carbocycles. The van der Waals surface area contributed by atoms with Crippen LogP contribution in [0.2, 0.25) is 0 Å². The number of nitrogens with zero attached hydrogens (tertiary/aromatic N) is 1. The Hall–Kier alpha value is -1.37. The van der Waals surface area contributed by atoms with Crippen molar-refractivity contribution in [2.24, 2.45) is 5.92 Å². The third kappa shape index (κ3) is 2.28. The molecule has 1 aliphatic carbocycles. The van der Waals surface area contributed by atoms with E-state index in [1.54, 1.807) is 13.8 Å². The first kappa shape index (κ1) is 9.72. The van der Waals surface area contributed by atoms with Gasteiger partial charge in [0.1, 0.15) is 11.3 Å². The number of hydrogen-bond acceptors (Lipinski definition) is 3. The summed E-state index contributed by atoms with van der Waals surface area (Å²) in [6, 6.07) is 1.97. The molecule has 70 valence electrons. The Balaban J connectivity index is 2.43. The minimum Gasteiger partial charge on any atom is -0.338 e. The molecule has 1 amide bonds. The molecular weight excluding hydrogens is 168 g/mol. The summed E-state index contributed by atoms with van der Waals surface area (Å²) in [6.45, 7) is 3.26. The van der Waals surface area contributed by atoms with Gasteiger partial charge in [0.2, 0.25) is 5.91 Å². The molecule has 0 radical (unpaired) electrons. The third-order valence-electron chi connectivity index (χ3n) is 2.03. The van der Waals surface area contributed by atoms with Gasteiger partial charge in [0.05, 0.1) is 12.0 Å². The van der Waals surface area contributed by atoms with Crippen molar-refractivity contribution in [2.45, 2.75) is 32.2 Å². The van der Waals surface area contributed by atoms with Gasteiger partial charge in [0.15, 0.2) is 0 Å². The largest absolute Gasteiger partial charge is 0.338 e. The molecule has 1 aliphatic rings. The first-order valence-corrected chi connectivity index (χ1v) is 4.19. The Morgan fingerprint density at radius 1 is 1.62 bits per heavy atom. The van der Waals surface area contributed by atoms with Crippen molar-refractivity contribution in [1.82, 2.24) is 5.32 Å². The van der Waals surface area contributed by atoms with Gasteiger partial charge >= 0.3 is 0 Å². The lowest BCUT2D eigenvalue weighted by Crippen LogP contribution is -2.48. The van der Waals surface area contributed by atoms with Crippen LogP contribution in [0.4, 0.5) is 0 Å². The number of carbonyl (C=O) groups excluding carboxylic acids is 2. The van der Waals surface area contributed by atoms with Crippen LogP contribution in [0.5, 0.6) is 0 Å². The van der Waals surface area contributed by atoms with Gasteiger partial charge in [-0.3, -0.25) is 9.59 Å². The quantitative estimate of drug-likeness (QED) is 0.668. The molecule has 4 nitrogen and oxygen atoms in total. The van der Waals surface area contributed by atoms with Crippen LogP contribution in [0.1, 0.15) is 26.7 Å². The lowest BCUT2D eigenvalue weighted by Gasteiger charge is -2.26. The predicted octanol–water partition coefficient (Wildman–Crippen LogP) is 0.384. The smallest absolute Gasteiger partial charge is 0.225 e. The predicted molar refractivity (Wildman–Crippen MR) is 45.6 cm³/mol.